The van der Waals surface area contributed by atoms with Crippen molar-refractivity contribution in [3.8, 4) is 0 Å². The van der Waals surface area contributed by atoms with Gasteiger partial charge in [-0.25, -0.2) is 13.1 Å². The van der Waals surface area contributed by atoms with Crippen molar-refractivity contribution in [2.24, 2.45) is 11.3 Å². The van der Waals surface area contributed by atoms with E-state index >= 15 is 0 Å². The van der Waals surface area contributed by atoms with Gasteiger partial charge in [0, 0.05) is 38.0 Å². The molecule has 0 aromatic carbocycles. The first kappa shape index (κ1) is 15.7. The van der Waals surface area contributed by atoms with Gasteiger partial charge in [-0.2, -0.15) is 0 Å². The molecule has 0 saturated carbocycles. The van der Waals surface area contributed by atoms with E-state index in [9.17, 15) is 13.2 Å². The summed E-state index contributed by atoms with van der Waals surface area (Å²) >= 11 is 5.76. The number of hydrogen-bond donors (Lipinski definition) is 2. The zero-order chi connectivity index (χ0) is 15.8. The molecule has 120 valence electrons. The predicted molar refractivity (Wildman–Crippen MR) is 78.8 cm³/mol. The number of rotatable bonds is 3. The van der Waals surface area contributed by atoms with Crippen LogP contribution >= 0.6 is 11.6 Å². The summed E-state index contributed by atoms with van der Waals surface area (Å²) in [6, 6.07) is 1.26. The molecule has 9 heteroatoms. The molecule has 1 amide bonds. The van der Waals surface area contributed by atoms with Gasteiger partial charge in [0.05, 0.1) is 17.0 Å². The number of pyridine rings is 1. The van der Waals surface area contributed by atoms with E-state index in [1.165, 1.54) is 12.3 Å². The molecule has 2 aliphatic heterocycles. The Morgan fingerprint density at radius 2 is 2.32 bits per heavy atom. The van der Waals surface area contributed by atoms with Crippen LogP contribution in [0.3, 0.4) is 0 Å². The molecular formula is C13H16ClN3O4S. The van der Waals surface area contributed by atoms with E-state index in [-0.39, 0.29) is 15.8 Å². The molecule has 2 aliphatic rings. The number of sulfonamides is 1. The van der Waals surface area contributed by atoms with Crippen LogP contribution < -0.4 is 10.0 Å². The number of ether oxygens (including phenoxy) is 1. The topological polar surface area (TPSA) is 97.4 Å². The predicted octanol–water partition coefficient (Wildman–Crippen LogP) is 0.166. The lowest BCUT2D eigenvalue weighted by Crippen LogP contribution is -2.51. The van der Waals surface area contributed by atoms with Crippen LogP contribution in [0.5, 0.6) is 0 Å². The average molecular weight is 346 g/mol. The molecule has 0 radical (unpaired) electrons. The zero-order valence-electron chi connectivity index (χ0n) is 11.7. The molecule has 0 spiro atoms. The van der Waals surface area contributed by atoms with Gasteiger partial charge in [-0.1, -0.05) is 11.6 Å². The van der Waals surface area contributed by atoms with Crippen LogP contribution in [0.2, 0.25) is 5.02 Å². The van der Waals surface area contributed by atoms with Crippen molar-refractivity contribution in [1.82, 2.24) is 15.0 Å². The van der Waals surface area contributed by atoms with Crippen LogP contribution in [0.25, 0.3) is 0 Å². The SMILES string of the molecule is O=C(NS(=O)(=O)c1cncc(Cl)c1)[C@@]12CCOC[C@@H]1CNC2. The van der Waals surface area contributed by atoms with E-state index in [0.29, 0.717) is 32.7 Å². The summed E-state index contributed by atoms with van der Waals surface area (Å²) < 4.78 is 32.2. The van der Waals surface area contributed by atoms with Gasteiger partial charge < -0.3 is 10.1 Å². The number of fused-ring (bicyclic) bond motifs is 1. The average Bonchev–Trinajstić information content (AvgIpc) is 2.92. The molecule has 2 N–H and O–H groups in total. The summed E-state index contributed by atoms with van der Waals surface area (Å²) in [6.07, 6.45) is 2.99. The van der Waals surface area contributed by atoms with Gasteiger partial charge in [-0.15, -0.1) is 0 Å². The molecule has 2 fully saturated rings. The van der Waals surface area contributed by atoms with Crippen molar-refractivity contribution in [3.05, 3.63) is 23.5 Å². The highest BCUT2D eigenvalue weighted by atomic mass is 35.5. The first-order valence-corrected chi connectivity index (χ1v) is 8.76. The first-order chi connectivity index (χ1) is 10.4. The number of carbonyl (C=O) groups excluding carboxylic acids is 1. The molecule has 22 heavy (non-hydrogen) atoms. The van der Waals surface area contributed by atoms with Gasteiger partial charge >= 0.3 is 0 Å². The van der Waals surface area contributed by atoms with E-state index in [1.807, 2.05) is 0 Å². The number of hydrogen-bond acceptors (Lipinski definition) is 6. The largest absolute Gasteiger partial charge is 0.381 e. The van der Waals surface area contributed by atoms with Crippen molar-refractivity contribution in [2.45, 2.75) is 11.3 Å². The zero-order valence-corrected chi connectivity index (χ0v) is 13.3. The van der Waals surface area contributed by atoms with Crippen LogP contribution in [0.1, 0.15) is 6.42 Å². The highest BCUT2D eigenvalue weighted by Crippen LogP contribution is 2.39. The second kappa shape index (κ2) is 5.77. The minimum atomic E-state index is -3.99. The lowest BCUT2D eigenvalue weighted by atomic mass is 9.74. The molecule has 7 nitrogen and oxygen atoms in total. The Morgan fingerprint density at radius 3 is 3.09 bits per heavy atom. The fourth-order valence-corrected chi connectivity index (χ4v) is 4.29. The van der Waals surface area contributed by atoms with Crippen molar-refractivity contribution >= 4 is 27.5 Å². The quantitative estimate of drug-likeness (QED) is 0.810. The number of carbonyl (C=O) groups is 1. The van der Waals surface area contributed by atoms with Gasteiger partial charge in [0.2, 0.25) is 5.91 Å². The molecule has 0 unspecified atom stereocenters. The van der Waals surface area contributed by atoms with Crippen LogP contribution in [0.15, 0.2) is 23.4 Å². The second-order valence-electron chi connectivity index (χ2n) is 5.58. The van der Waals surface area contributed by atoms with E-state index in [2.05, 4.69) is 15.0 Å². The number of aromatic nitrogens is 1. The summed E-state index contributed by atoms with van der Waals surface area (Å²) in [6.45, 7) is 2.01. The van der Waals surface area contributed by atoms with Crippen molar-refractivity contribution < 1.29 is 17.9 Å². The summed E-state index contributed by atoms with van der Waals surface area (Å²) in [5.74, 6) is -0.514. The van der Waals surface area contributed by atoms with E-state index < -0.39 is 21.3 Å². The number of halogens is 1. The number of amides is 1. The van der Waals surface area contributed by atoms with Crippen molar-refractivity contribution in [1.29, 1.82) is 0 Å². The molecule has 1 aromatic rings. The lowest BCUT2D eigenvalue weighted by molar-refractivity contribution is -0.137. The minimum absolute atomic E-state index is 0.0195. The summed E-state index contributed by atoms with van der Waals surface area (Å²) in [4.78, 5) is 16.3. The summed E-state index contributed by atoms with van der Waals surface area (Å²) in [5.41, 5.74) is -0.739. The Labute approximate surface area is 133 Å². The van der Waals surface area contributed by atoms with Crippen molar-refractivity contribution in [3.63, 3.8) is 0 Å². The number of nitrogens with zero attached hydrogens (tertiary/aromatic N) is 1. The molecule has 2 saturated heterocycles. The van der Waals surface area contributed by atoms with Crippen LogP contribution in [-0.4, -0.2) is 45.6 Å². The maximum Gasteiger partial charge on any atom is 0.265 e. The Kier molecular flexibility index (Phi) is 4.11. The molecule has 3 rings (SSSR count). The van der Waals surface area contributed by atoms with E-state index in [4.69, 9.17) is 16.3 Å². The Balaban J connectivity index is 1.84. The van der Waals surface area contributed by atoms with Gasteiger partial charge in [-0.05, 0) is 12.5 Å². The minimum Gasteiger partial charge on any atom is -0.381 e. The smallest absolute Gasteiger partial charge is 0.265 e. The second-order valence-corrected chi connectivity index (χ2v) is 7.70. The molecule has 2 atom stereocenters. The Hall–Kier alpha value is -1.22. The van der Waals surface area contributed by atoms with E-state index in [1.54, 1.807) is 0 Å². The van der Waals surface area contributed by atoms with Gasteiger partial charge in [0.15, 0.2) is 0 Å². The first-order valence-electron chi connectivity index (χ1n) is 6.90. The fourth-order valence-electron chi connectivity index (χ4n) is 3.00. The van der Waals surface area contributed by atoms with Gasteiger partial charge in [-0.3, -0.25) is 9.78 Å². The standard InChI is InChI=1S/C13H16ClN3O4S/c14-10-3-11(6-15-5-10)22(19,20)17-12(18)13-1-2-21-7-9(13)4-16-8-13/h3,5-6,9,16H,1-2,4,7-8H2,(H,17,18)/t9-,13+/m0/s1. The van der Waals surface area contributed by atoms with Crippen LogP contribution in [0.4, 0.5) is 0 Å². The highest BCUT2D eigenvalue weighted by molar-refractivity contribution is 7.90. The van der Waals surface area contributed by atoms with Crippen LogP contribution in [-0.2, 0) is 19.6 Å². The normalized spacial score (nSPS) is 28.1. The third kappa shape index (κ3) is 2.71. The van der Waals surface area contributed by atoms with E-state index in [0.717, 1.165) is 6.20 Å². The third-order valence-electron chi connectivity index (χ3n) is 4.29. The third-order valence-corrected chi connectivity index (χ3v) is 5.80. The monoisotopic (exact) mass is 345 g/mol. The maximum absolute atomic E-state index is 12.6. The van der Waals surface area contributed by atoms with Gasteiger partial charge in [0.25, 0.3) is 10.0 Å². The molecule has 0 bridgehead atoms. The maximum atomic E-state index is 12.6. The molecule has 3 heterocycles. The van der Waals surface area contributed by atoms with Gasteiger partial charge in [0.1, 0.15) is 4.90 Å². The number of nitrogens with one attached hydrogen (secondary N) is 2. The fraction of sp³-hybridized carbons (Fsp3) is 0.538. The van der Waals surface area contributed by atoms with Crippen molar-refractivity contribution in [2.75, 3.05) is 26.3 Å². The molecule has 0 aliphatic carbocycles. The Bertz CT molecular complexity index is 696. The van der Waals surface area contributed by atoms with Crippen LogP contribution in [0, 0.1) is 11.3 Å². The molecule has 1 aromatic heterocycles. The molecular weight excluding hydrogens is 330 g/mol. The lowest BCUT2D eigenvalue weighted by Gasteiger charge is -2.36. The Morgan fingerprint density at radius 1 is 1.50 bits per heavy atom. The highest BCUT2D eigenvalue weighted by Gasteiger charge is 2.51. The summed E-state index contributed by atoms with van der Waals surface area (Å²) in [5, 5.41) is 3.35. The summed E-state index contributed by atoms with van der Waals surface area (Å²) in [7, 11) is -3.99.